The highest BCUT2D eigenvalue weighted by atomic mass is 35.5. The number of piperidine rings is 1. The molecule has 1 saturated heterocycles. The third-order valence-electron chi connectivity index (χ3n) is 3.51. The van der Waals surface area contributed by atoms with Gasteiger partial charge in [0.15, 0.2) is 5.76 Å². The molecule has 2 heterocycles. The Labute approximate surface area is 122 Å². The van der Waals surface area contributed by atoms with E-state index in [2.05, 4.69) is 17.6 Å². The molecule has 0 saturated carbocycles. The molecule has 1 aliphatic heterocycles. The Hall–Kier alpha value is -1.60. The Kier molecular flexibility index (Phi) is 5.52. The van der Waals surface area contributed by atoms with Crippen molar-refractivity contribution in [1.29, 1.82) is 0 Å². The number of hydrogen-bond donors (Lipinski definition) is 2. The molecule has 7 nitrogen and oxygen atoms in total. The third kappa shape index (κ3) is 3.49. The standard InChI is InChI=1S/C12H17N3O4.ClH/c1-7-5-6-13-8(2)11(7)14-12(16)9-3-4-10(19-9)15(17)18;/h3-4,7-8,11,13H,5-6H2,1-2H3,(H,14,16);1H. The smallest absolute Gasteiger partial charge is 0.395 e. The minimum Gasteiger partial charge on any atom is -0.395 e. The van der Waals surface area contributed by atoms with E-state index in [1.807, 2.05) is 6.92 Å². The highest BCUT2D eigenvalue weighted by Gasteiger charge is 2.30. The zero-order valence-corrected chi connectivity index (χ0v) is 12.1. The molecule has 112 valence electrons. The van der Waals surface area contributed by atoms with Crippen molar-refractivity contribution in [2.75, 3.05) is 6.54 Å². The Morgan fingerprint density at radius 3 is 2.75 bits per heavy atom. The zero-order chi connectivity index (χ0) is 14.0. The van der Waals surface area contributed by atoms with Crippen molar-refractivity contribution in [3.05, 3.63) is 28.0 Å². The van der Waals surface area contributed by atoms with Gasteiger partial charge < -0.3 is 15.1 Å². The van der Waals surface area contributed by atoms with E-state index in [1.165, 1.54) is 12.1 Å². The molecule has 0 aromatic carbocycles. The average molecular weight is 304 g/mol. The van der Waals surface area contributed by atoms with E-state index in [1.54, 1.807) is 0 Å². The van der Waals surface area contributed by atoms with Crippen molar-refractivity contribution in [2.45, 2.75) is 32.4 Å². The molecule has 3 unspecified atom stereocenters. The first-order valence-corrected chi connectivity index (χ1v) is 6.27. The van der Waals surface area contributed by atoms with E-state index in [0.29, 0.717) is 5.92 Å². The van der Waals surface area contributed by atoms with Gasteiger partial charge in [-0.1, -0.05) is 6.92 Å². The Balaban J connectivity index is 0.00000200. The van der Waals surface area contributed by atoms with Crippen molar-refractivity contribution in [3.63, 3.8) is 0 Å². The van der Waals surface area contributed by atoms with Crippen LogP contribution in [0.3, 0.4) is 0 Å². The number of carbonyl (C=O) groups excluding carboxylic acids is 1. The molecule has 0 aliphatic carbocycles. The lowest BCUT2D eigenvalue weighted by molar-refractivity contribution is -0.402. The highest BCUT2D eigenvalue weighted by Crippen LogP contribution is 2.19. The molecule has 0 radical (unpaired) electrons. The van der Waals surface area contributed by atoms with Gasteiger partial charge in [-0.25, -0.2) is 0 Å². The minimum atomic E-state index is -0.663. The van der Waals surface area contributed by atoms with Crippen LogP contribution in [0.5, 0.6) is 0 Å². The molecule has 1 amide bonds. The summed E-state index contributed by atoms with van der Waals surface area (Å²) in [4.78, 5) is 21.8. The maximum absolute atomic E-state index is 12.0. The van der Waals surface area contributed by atoms with E-state index < -0.39 is 16.7 Å². The van der Waals surface area contributed by atoms with E-state index in [-0.39, 0.29) is 30.3 Å². The van der Waals surface area contributed by atoms with E-state index in [9.17, 15) is 14.9 Å². The van der Waals surface area contributed by atoms with E-state index >= 15 is 0 Å². The summed E-state index contributed by atoms with van der Waals surface area (Å²) in [6, 6.07) is 2.66. The predicted molar refractivity (Wildman–Crippen MR) is 75.1 cm³/mol. The summed E-state index contributed by atoms with van der Waals surface area (Å²) in [6.07, 6.45) is 0.980. The van der Waals surface area contributed by atoms with Gasteiger partial charge >= 0.3 is 5.88 Å². The number of carbonyl (C=O) groups is 1. The maximum Gasteiger partial charge on any atom is 0.433 e. The summed E-state index contributed by atoms with van der Waals surface area (Å²) in [5.74, 6) is -0.518. The van der Waals surface area contributed by atoms with Gasteiger partial charge in [-0.15, -0.1) is 12.4 Å². The summed E-state index contributed by atoms with van der Waals surface area (Å²) in [5, 5.41) is 16.7. The van der Waals surface area contributed by atoms with E-state index in [0.717, 1.165) is 13.0 Å². The molecule has 8 heteroatoms. The maximum atomic E-state index is 12.0. The average Bonchev–Trinajstić information content (AvgIpc) is 2.83. The van der Waals surface area contributed by atoms with Gasteiger partial charge in [-0.3, -0.25) is 14.9 Å². The molecule has 3 atom stereocenters. The lowest BCUT2D eigenvalue weighted by atomic mass is 9.89. The Morgan fingerprint density at radius 2 is 2.20 bits per heavy atom. The highest BCUT2D eigenvalue weighted by molar-refractivity contribution is 5.92. The fourth-order valence-electron chi connectivity index (χ4n) is 2.38. The number of halogens is 1. The van der Waals surface area contributed by atoms with Crippen molar-refractivity contribution < 1.29 is 14.1 Å². The predicted octanol–water partition coefficient (Wildman–Crippen LogP) is 1.73. The van der Waals surface area contributed by atoms with Crippen LogP contribution in [0.4, 0.5) is 5.88 Å². The molecule has 2 N–H and O–H groups in total. The van der Waals surface area contributed by atoms with Gasteiger partial charge in [0.2, 0.25) is 0 Å². The van der Waals surface area contributed by atoms with Gasteiger partial charge in [-0.2, -0.15) is 0 Å². The van der Waals surface area contributed by atoms with Gasteiger partial charge in [0.25, 0.3) is 5.91 Å². The molecular weight excluding hydrogens is 286 g/mol. The first-order chi connectivity index (χ1) is 8.99. The molecule has 0 spiro atoms. The summed E-state index contributed by atoms with van der Waals surface area (Å²) in [6.45, 7) is 5.01. The molecule has 2 rings (SSSR count). The lowest BCUT2D eigenvalue weighted by Crippen LogP contribution is -2.55. The summed E-state index contributed by atoms with van der Waals surface area (Å²) in [5.41, 5.74) is 0. The van der Waals surface area contributed by atoms with Crippen LogP contribution >= 0.6 is 12.4 Å². The molecular formula is C12H18ClN3O4. The van der Waals surface area contributed by atoms with Crippen molar-refractivity contribution in [2.24, 2.45) is 5.92 Å². The summed E-state index contributed by atoms with van der Waals surface area (Å²) < 4.78 is 4.89. The number of nitrogens with one attached hydrogen (secondary N) is 2. The Morgan fingerprint density at radius 1 is 1.50 bits per heavy atom. The van der Waals surface area contributed by atoms with Crippen molar-refractivity contribution in [1.82, 2.24) is 10.6 Å². The monoisotopic (exact) mass is 303 g/mol. The number of rotatable bonds is 3. The largest absolute Gasteiger partial charge is 0.433 e. The van der Waals surface area contributed by atoms with Crippen LogP contribution in [0.1, 0.15) is 30.8 Å². The van der Waals surface area contributed by atoms with Crippen molar-refractivity contribution in [3.8, 4) is 0 Å². The molecule has 1 aromatic rings. The van der Waals surface area contributed by atoms with Crippen LogP contribution in [0.15, 0.2) is 16.5 Å². The lowest BCUT2D eigenvalue weighted by Gasteiger charge is -2.35. The first-order valence-electron chi connectivity index (χ1n) is 6.27. The van der Waals surface area contributed by atoms with Crippen LogP contribution < -0.4 is 10.6 Å². The summed E-state index contributed by atoms with van der Waals surface area (Å²) >= 11 is 0. The number of furan rings is 1. The molecule has 1 aliphatic rings. The second-order valence-corrected chi connectivity index (χ2v) is 4.90. The summed E-state index contributed by atoms with van der Waals surface area (Å²) in [7, 11) is 0. The number of nitro groups is 1. The molecule has 20 heavy (non-hydrogen) atoms. The molecule has 0 bridgehead atoms. The fourth-order valence-corrected chi connectivity index (χ4v) is 2.38. The Bertz CT molecular complexity index is 481. The molecule has 1 fully saturated rings. The van der Waals surface area contributed by atoms with Crippen LogP contribution in [-0.2, 0) is 0 Å². The van der Waals surface area contributed by atoms with E-state index in [4.69, 9.17) is 4.42 Å². The second-order valence-electron chi connectivity index (χ2n) is 4.90. The zero-order valence-electron chi connectivity index (χ0n) is 11.3. The second kappa shape index (κ2) is 6.71. The van der Waals surface area contributed by atoms with Gasteiger partial charge in [-0.05, 0) is 31.9 Å². The number of nitrogens with zero attached hydrogens (tertiary/aromatic N) is 1. The van der Waals surface area contributed by atoms with Crippen LogP contribution in [0, 0.1) is 16.0 Å². The fraction of sp³-hybridized carbons (Fsp3) is 0.583. The van der Waals surface area contributed by atoms with Crippen molar-refractivity contribution >= 4 is 24.2 Å². The quantitative estimate of drug-likeness (QED) is 0.654. The van der Waals surface area contributed by atoms with Crippen LogP contribution in [-0.4, -0.2) is 29.5 Å². The van der Waals surface area contributed by atoms with Gasteiger partial charge in [0.1, 0.15) is 4.92 Å². The van der Waals surface area contributed by atoms with Gasteiger partial charge in [0, 0.05) is 12.1 Å². The first kappa shape index (κ1) is 16.5. The number of amides is 1. The van der Waals surface area contributed by atoms with Gasteiger partial charge in [0.05, 0.1) is 6.07 Å². The topological polar surface area (TPSA) is 97.4 Å². The minimum absolute atomic E-state index is 0. The third-order valence-corrected chi connectivity index (χ3v) is 3.51. The SMILES string of the molecule is CC1CCNC(C)C1NC(=O)c1ccc([N+](=O)[O-])o1.Cl. The van der Waals surface area contributed by atoms with Crippen LogP contribution in [0.2, 0.25) is 0 Å². The normalized spacial score (nSPS) is 25.6. The van der Waals surface area contributed by atoms with Crippen LogP contribution in [0.25, 0.3) is 0 Å². The molecule has 1 aromatic heterocycles. The number of hydrogen-bond acceptors (Lipinski definition) is 5.